The van der Waals surface area contributed by atoms with Crippen molar-refractivity contribution in [2.45, 2.75) is 19.3 Å². The van der Waals surface area contributed by atoms with Gasteiger partial charge in [-0.3, -0.25) is 4.79 Å². The van der Waals surface area contributed by atoms with Gasteiger partial charge in [0.1, 0.15) is 0 Å². The minimum absolute atomic E-state index is 0.199. The quantitative estimate of drug-likeness (QED) is 0.632. The normalized spacial score (nSPS) is 31.2. The van der Waals surface area contributed by atoms with Crippen LogP contribution in [0.15, 0.2) is 18.2 Å². The first-order valence-corrected chi connectivity index (χ1v) is 6.12. The molecule has 0 bridgehead atoms. The molecule has 2 unspecified atom stereocenters. The summed E-state index contributed by atoms with van der Waals surface area (Å²) in [4.78, 5) is 12.2. The van der Waals surface area contributed by atoms with E-state index in [1.807, 2.05) is 0 Å². The first kappa shape index (κ1) is 10.2. The molecule has 2 aliphatic carbocycles. The number of carbonyl (C=O) groups excluding carboxylic acids is 1. The predicted molar refractivity (Wildman–Crippen MR) is 64.5 cm³/mol. The van der Waals surface area contributed by atoms with Crippen molar-refractivity contribution in [2.24, 2.45) is 17.8 Å². The highest BCUT2D eigenvalue weighted by Crippen LogP contribution is 2.55. The number of hydrogen-bond acceptors (Lipinski definition) is 2. The molecular weight excluding hydrogens is 222 g/mol. The second-order valence-corrected chi connectivity index (χ2v) is 5.43. The Morgan fingerprint density at radius 2 is 1.94 bits per heavy atom. The van der Waals surface area contributed by atoms with E-state index in [9.17, 15) is 4.79 Å². The summed E-state index contributed by atoms with van der Waals surface area (Å²) in [5.41, 5.74) is 6.86. The van der Waals surface area contributed by atoms with Crippen LogP contribution in [0.3, 0.4) is 0 Å². The largest absolute Gasteiger partial charge is 0.399 e. The standard InChI is InChI=1S/C13H14ClNO/c14-12-6-10(15)1-2-11(12)13(16)9-4-7-3-8(7)5-9/h1-2,6-9H,3-5,15H2. The number of fused-ring (bicyclic) bond motifs is 1. The molecule has 3 rings (SSSR count). The van der Waals surface area contributed by atoms with E-state index in [0.717, 1.165) is 24.7 Å². The summed E-state index contributed by atoms with van der Waals surface area (Å²) < 4.78 is 0. The fraction of sp³-hybridized carbons (Fsp3) is 0.462. The van der Waals surface area contributed by atoms with Crippen molar-refractivity contribution in [2.75, 3.05) is 5.73 Å². The van der Waals surface area contributed by atoms with E-state index in [-0.39, 0.29) is 11.7 Å². The molecule has 84 valence electrons. The van der Waals surface area contributed by atoms with Crippen molar-refractivity contribution in [3.8, 4) is 0 Å². The van der Waals surface area contributed by atoms with Crippen LogP contribution in [0.2, 0.25) is 5.02 Å². The summed E-state index contributed by atoms with van der Waals surface area (Å²) in [5.74, 6) is 2.05. The number of hydrogen-bond donors (Lipinski definition) is 1. The molecule has 0 amide bonds. The van der Waals surface area contributed by atoms with Gasteiger partial charge in [0, 0.05) is 17.2 Å². The highest BCUT2D eigenvalue weighted by Gasteiger charge is 2.48. The number of anilines is 1. The Morgan fingerprint density at radius 3 is 2.56 bits per heavy atom. The molecule has 0 radical (unpaired) electrons. The van der Waals surface area contributed by atoms with Gasteiger partial charge in [-0.25, -0.2) is 0 Å². The highest BCUT2D eigenvalue weighted by atomic mass is 35.5. The fourth-order valence-corrected chi connectivity index (χ4v) is 3.16. The first-order chi connectivity index (χ1) is 7.65. The van der Waals surface area contributed by atoms with E-state index in [1.165, 1.54) is 6.42 Å². The molecule has 0 saturated heterocycles. The predicted octanol–water partition coefficient (Wildman–Crippen LogP) is 3.15. The molecule has 2 atom stereocenters. The van der Waals surface area contributed by atoms with Crippen molar-refractivity contribution >= 4 is 23.1 Å². The summed E-state index contributed by atoms with van der Waals surface area (Å²) in [5, 5.41) is 0.491. The van der Waals surface area contributed by atoms with Gasteiger partial charge in [0.15, 0.2) is 5.78 Å². The SMILES string of the molecule is Nc1ccc(C(=O)C2CC3CC3C2)c(Cl)c1. The third-order valence-corrected chi connectivity index (χ3v) is 4.19. The van der Waals surface area contributed by atoms with Gasteiger partial charge in [0.25, 0.3) is 0 Å². The van der Waals surface area contributed by atoms with E-state index in [2.05, 4.69) is 0 Å². The monoisotopic (exact) mass is 235 g/mol. The number of nitrogens with two attached hydrogens (primary N) is 1. The van der Waals surface area contributed by atoms with Crippen LogP contribution in [-0.2, 0) is 0 Å². The van der Waals surface area contributed by atoms with Crippen LogP contribution in [-0.4, -0.2) is 5.78 Å². The van der Waals surface area contributed by atoms with Crippen LogP contribution < -0.4 is 5.73 Å². The average molecular weight is 236 g/mol. The topological polar surface area (TPSA) is 43.1 Å². The molecule has 16 heavy (non-hydrogen) atoms. The van der Waals surface area contributed by atoms with Crippen molar-refractivity contribution in [3.05, 3.63) is 28.8 Å². The molecule has 2 saturated carbocycles. The Hall–Kier alpha value is -1.02. The van der Waals surface area contributed by atoms with Crippen molar-refractivity contribution in [1.82, 2.24) is 0 Å². The molecule has 1 aromatic carbocycles. The maximum atomic E-state index is 12.2. The Kier molecular flexibility index (Phi) is 2.21. The maximum Gasteiger partial charge on any atom is 0.167 e. The van der Waals surface area contributed by atoms with E-state index >= 15 is 0 Å². The van der Waals surface area contributed by atoms with Crippen LogP contribution in [0.25, 0.3) is 0 Å². The zero-order chi connectivity index (χ0) is 11.3. The minimum Gasteiger partial charge on any atom is -0.399 e. The zero-order valence-electron chi connectivity index (χ0n) is 8.95. The van der Waals surface area contributed by atoms with Crippen molar-refractivity contribution < 1.29 is 4.79 Å². The number of ketones is 1. The number of Topliss-reactive ketones (excluding diaryl/α,β-unsaturated/α-hetero) is 1. The Morgan fingerprint density at radius 1 is 1.25 bits per heavy atom. The second kappa shape index (κ2) is 3.49. The lowest BCUT2D eigenvalue weighted by molar-refractivity contribution is 0.0914. The molecule has 2 nitrogen and oxygen atoms in total. The number of carbonyl (C=O) groups is 1. The lowest BCUT2D eigenvalue weighted by Gasteiger charge is -2.11. The third kappa shape index (κ3) is 1.61. The lowest BCUT2D eigenvalue weighted by atomic mass is 9.93. The molecule has 0 spiro atoms. The fourth-order valence-electron chi connectivity index (χ4n) is 2.88. The summed E-state index contributed by atoms with van der Waals surface area (Å²) in [6.07, 6.45) is 3.45. The van der Waals surface area contributed by atoms with Gasteiger partial charge in [0.2, 0.25) is 0 Å². The molecule has 0 aliphatic heterocycles. The van der Waals surface area contributed by atoms with Crippen LogP contribution >= 0.6 is 11.6 Å². The molecule has 0 heterocycles. The Bertz CT molecular complexity index is 447. The number of halogens is 1. The summed E-state index contributed by atoms with van der Waals surface area (Å²) >= 11 is 6.05. The van der Waals surface area contributed by atoms with Gasteiger partial charge in [-0.2, -0.15) is 0 Å². The van der Waals surface area contributed by atoms with E-state index < -0.39 is 0 Å². The van der Waals surface area contributed by atoms with Crippen molar-refractivity contribution in [3.63, 3.8) is 0 Å². The summed E-state index contributed by atoms with van der Waals surface area (Å²) in [6, 6.07) is 5.16. The number of rotatable bonds is 2. The number of nitrogen functional groups attached to an aromatic ring is 1. The van der Waals surface area contributed by atoms with Gasteiger partial charge in [0.05, 0.1) is 5.02 Å². The van der Waals surface area contributed by atoms with Gasteiger partial charge in [-0.15, -0.1) is 0 Å². The van der Waals surface area contributed by atoms with E-state index in [4.69, 9.17) is 17.3 Å². The second-order valence-electron chi connectivity index (χ2n) is 5.03. The molecular formula is C13H14ClNO. The lowest BCUT2D eigenvalue weighted by Crippen LogP contribution is -2.13. The van der Waals surface area contributed by atoms with Gasteiger partial charge < -0.3 is 5.73 Å². The maximum absolute atomic E-state index is 12.2. The molecule has 3 heteroatoms. The Balaban J connectivity index is 1.83. The van der Waals surface area contributed by atoms with Crippen molar-refractivity contribution in [1.29, 1.82) is 0 Å². The molecule has 0 aromatic heterocycles. The smallest absolute Gasteiger partial charge is 0.167 e. The van der Waals surface area contributed by atoms with Crippen LogP contribution in [0.5, 0.6) is 0 Å². The van der Waals surface area contributed by atoms with Crippen LogP contribution in [0.1, 0.15) is 29.6 Å². The van der Waals surface area contributed by atoms with Gasteiger partial charge in [-0.05, 0) is 49.3 Å². The Labute approximate surface area is 99.8 Å². The summed E-state index contributed by atoms with van der Waals surface area (Å²) in [6.45, 7) is 0. The molecule has 1 aromatic rings. The average Bonchev–Trinajstić information content (AvgIpc) is 2.85. The molecule has 2 N–H and O–H groups in total. The minimum atomic E-state index is 0.199. The van der Waals surface area contributed by atoms with E-state index in [0.29, 0.717) is 16.3 Å². The highest BCUT2D eigenvalue weighted by molar-refractivity contribution is 6.34. The van der Waals surface area contributed by atoms with Gasteiger partial charge >= 0.3 is 0 Å². The summed E-state index contributed by atoms with van der Waals surface area (Å²) in [7, 11) is 0. The molecule has 2 fully saturated rings. The first-order valence-electron chi connectivity index (χ1n) is 5.74. The zero-order valence-corrected chi connectivity index (χ0v) is 9.70. The van der Waals surface area contributed by atoms with Gasteiger partial charge in [-0.1, -0.05) is 11.6 Å². The molecule has 2 aliphatic rings. The third-order valence-electron chi connectivity index (χ3n) is 3.87. The van der Waals surface area contributed by atoms with Crippen LogP contribution in [0, 0.1) is 17.8 Å². The van der Waals surface area contributed by atoms with E-state index in [1.54, 1.807) is 18.2 Å². The van der Waals surface area contributed by atoms with Crippen LogP contribution in [0.4, 0.5) is 5.69 Å². The number of benzene rings is 1.